The van der Waals surface area contributed by atoms with E-state index in [4.69, 9.17) is 29.9 Å². The number of rotatable bonds is 30. The molecule has 7 aromatic rings. The lowest BCUT2D eigenvalue weighted by atomic mass is 10.0. The summed E-state index contributed by atoms with van der Waals surface area (Å²) in [5.74, 6) is 3.97. The highest BCUT2D eigenvalue weighted by Crippen LogP contribution is 2.30. The van der Waals surface area contributed by atoms with Crippen LogP contribution in [0.3, 0.4) is 0 Å². The third-order valence-electron chi connectivity index (χ3n) is 14.8. The third kappa shape index (κ3) is 17.3. The van der Waals surface area contributed by atoms with Crippen molar-refractivity contribution in [1.29, 1.82) is 0 Å². The summed E-state index contributed by atoms with van der Waals surface area (Å²) in [4.78, 5) is 30.8. The molecule has 0 saturated carbocycles. The lowest BCUT2D eigenvalue weighted by Gasteiger charge is -2.17. The SMILES string of the molecule is CCCCCCCCCCCCc1ccc(-c2nc(-c3ccc(-c4nc(-c5ccc(CCCCCCCCCCCC)cc5)nc(-c5ccc([Si](C)(C)C)cc5)n4)cc3)nc(-c3ccc([Si](C)(C)C)cc3)n2)cc1. The number of hydrogen-bond donors (Lipinski definition) is 0. The van der Waals surface area contributed by atoms with Crippen LogP contribution < -0.4 is 10.4 Å². The fourth-order valence-electron chi connectivity index (χ4n) is 9.81. The van der Waals surface area contributed by atoms with Crippen molar-refractivity contribution in [1.82, 2.24) is 29.9 Å². The van der Waals surface area contributed by atoms with Crippen LogP contribution in [0.1, 0.15) is 153 Å². The summed E-state index contributed by atoms with van der Waals surface area (Å²) in [5.41, 5.74) is 8.50. The molecule has 8 heteroatoms. The first kappa shape index (κ1) is 56.3. The minimum atomic E-state index is -1.48. The molecule has 0 bridgehead atoms. The van der Waals surface area contributed by atoms with Gasteiger partial charge in [-0.2, -0.15) is 0 Å². The minimum absolute atomic E-state index is 0.637. The zero-order valence-electron chi connectivity index (χ0n) is 46.8. The Hall–Kier alpha value is -5.45. The van der Waals surface area contributed by atoms with Crippen LogP contribution in [0, 0.1) is 0 Å². The smallest absolute Gasteiger partial charge is 0.164 e. The number of unbranched alkanes of at least 4 members (excludes halogenated alkanes) is 18. The maximum Gasteiger partial charge on any atom is 0.164 e. The number of nitrogens with zero attached hydrogens (tertiary/aromatic N) is 6. The molecule has 7 rings (SSSR count). The fraction of sp³-hybridized carbons (Fsp3) is 0.455. The van der Waals surface area contributed by atoms with Crippen LogP contribution in [-0.2, 0) is 12.8 Å². The Labute approximate surface area is 449 Å². The summed E-state index contributed by atoms with van der Waals surface area (Å²) in [6.07, 6.45) is 29.2. The normalized spacial score (nSPS) is 11.9. The molecule has 0 aliphatic heterocycles. The topological polar surface area (TPSA) is 77.3 Å². The van der Waals surface area contributed by atoms with Crippen LogP contribution >= 0.6 is 0 Å². The van der Waals surface area contributed by atoms with E-state index in [-0.39, 0.29) is 0 Å². The minimum Gasteiger partial charge on any atom is -0.208 e. The van der Waals surface area contributed by atoms with Gasteiger partial charge in [0.1, 0.15) is 0 Å². The van der Waals surface area contributed by atoms with Crippen molar-refractivity contribution in [3.8, 4) is 68.3 Å². The Morgan fingerprint density at radius 2 is 0.432 bits per heavy atom. The van der Waals surface area contributed by atoms with Gasteiger partial charge in [0.25, 0.3) is 0 Å². The van der Waals surface area contributed by atoms with E-state index in [0.717, 1.165) is 46.2 Å². The highest BCUT2D eigenvalue weighted by molar-refractivity contribution is 6.89. The first-order valence-electron chi connectivity index (χ1n) is 28.9. The molecule has 0 spiro atoms. The van der Waals surface area contributed by atoms with Crippen LogP contribution in [0.2, 0.25) is 39.3 Å². The molecule has 2 heterocycles. The van der Waals surface area contributed by atoms with E-state index in [0.29, 0.717) is 34.9 Å². The maximum atomic E-state index is 5.15. The van der Waals surface area contributed by atoms with Crippen molar-refractivity contribution in [3.63, 3.8) is 0 Å². The lowest BCUT2D eigenvalue weighted by molar-refractivity contribution is 0.556. The summed E-state index contributed by atoms with van der Waals surface area (Å²) in [7, 11) is -2.97. The van der Waals surface area contributed by atoms with E-state index in [1.165, 1.54) is 150 Å². The van der Waals surface area contributed by atoms with Gasteiger partial charge in [0.15, 0.2) is 34.9 Å². The molecular formula is C66H88N6Si2. The summed E-state index contributed by atoms with van der Waals surface area (Å²) < 4.78 is 0. The van der Waals surface area contributed by atoms with E-state index in [1.54, 1.807) is 0 Å². The fourth-order valence-corrected chi connectivity index (χ4v) is 12.1. The van der Waals surface area contributed by atoms with Crippen LogP contribution in [0.15, 0.2) is 121 Å². The Balaban J connectivity index is 1.11. The lowest BCUT2D eigenvalue weighted by Crippen LogP contribution is -2.37. The van der Waals surface area contributed by atoms with Crippen molar-refractivity contribution >= 4 is 26.5 Å². The van der Waals surface area contributed by atoms with E-state index in [9.17, 15) is 0 Å². The van der Waals surface area contributed by atoms with Crippen molar-refractivity contribution < 1.29 is 0 Å². The van der Waals surface area contributed by atoms with Crippen LogP contribution in [0.25, 0.3) is 68.3 Å². The molecule has 0 saturated heterocycles. The number of benzene rings is 5. The van der Waals surface area contributed by atoms with Gasteiger partial charge < -0.3 is 0 Å². The molecule has 74 heavy (non-hydrogen) atoms. The summed E-state index contributed by atoms with van der Waals surface area (Å²) in [5, 5.41) is 2.82. The second-order valence-corrected chi connectivity index (χ2v) is 33.3. The first-order chi connectivity index (χ1) is 35.9. The van der Waals surface area contributed by atoms with E-state index in [1.807, 2.05) is 0 Å². The molecule has 5 aromatic carbocycles. The van der Waals surface area contributed by atoms with Crippen molar-refractivity contribution in [2.45, 2.75) is 194 Å². The highest BCUT2D eigenvalue weighted by atomic mass is 28.3. The van der Waals surface area contributed by atoms with Crippen molar-refractivity contribution in [2.75, 3.05) is 0 Å². The monoisotopic (exact) mass is 1020 g/mol. The molecule has 0 unspecified atom stereocenters. The van der Waals surface area contributed by atoms with Gasteiger partial charge in [-0.3, -0.25) is 0 Å². The number of aromatic nitrogens is 6. The Bertz CT molecular complexity index is 2550. The van der Waals surface area contributed by atoms with Gasteiger partial charge in [0.05, 0.1) is 16.1 Å². The largest absolute Gasteiger partial charge is 0.208 e. The summed E-state index contributed by atoms with van der Waals surface area (Å²) >= 11 is 0. The molecule has 0 atom stereocenters. The van der Waals surface area contributed by atoms with Crippen LogP contribution in [-0.4, -0.2) is 46.1 Å². The first-order valence-corrected chi connectivity index (χ1v) is 35.9. The average Bonchev–Trinajstić information content (AvgIpc) is 3.42. The maximum absolute atomic E-state index is 5.15. The van der Waals surface area contributed by atoms with Crippen LogP contribution in [0.4, 0.5) is 0 Å². The summed E-state index contributed by atoms with van der Waals surface area (Å²) in [6.45, 7) is 18.9. The Morgan fingerprint density at radius 1 is 0.243 bits per heavy atom. The number of hydrogen-bond acceptors (Lipinski definition) is 6. The molecule has 0 aliphatic carbocycles. The van der Waals surface area contributed by atoms with Gasteiger partial charge in [-0.05, 0) is 36.8 Å². The van der Waals surface area contributed by atoms with Crippen LogP contribution in [0.5, 0.6) is 0 Å². The number of aryl methyl sites for hydroxylation is 2. The average molecular weight is 1020 g/mol. The molecule has 390 valence electrons. The quantitative estimate of drug-likeness (QED) is 0.0330. The highest BCUT2D eigenvalue weighted by Gasteiger charge is 2.20. The standard InChI is InChI=1S/C66H88N6Si2/c1-9-11-13-15-17-19-21-23-25-27-29-51-31-35-53(36-32-51)61-67-63(71-65(69-61)57-43-47-59(48-44-57)73(3,4)5)55-39-41-56(42-40-55)64-68-62(70-66(72-64)58-45-49-60(50-46-58)74(6,7)8)54-37-33-52(34-38-54)30-28-26-24-22-20-18-16-14-12-10-2/h31-50H,9-30H2,1-8H3. The zero-order valence-corrected chi connectivity index (χ0v) is 48.8. The molecule has 0 radical (unpaired) electrons. The summed E-state index contributed by atoms with van der Waals surface area (Å²) in [6, 6.07) is 43.9. The second-order valence-electron chi connectivity index (χ2n) is 23.1. The predicted octanol–water partition coefficient (Wildman–Crippen LogP) is 18.1. The van der Waals surface area contributed by atoms with Gasteiger partial charge in [-0.25, -0.2) is 29.9 Å². The van der Waals surface area contributed by atoms with Crippen molar-refractivity contribution in [2.24, 2.45) is 0 Å². The molecule has 0 amide bonds. The predicted molar refractivity (Wildman–Crippen MR) is 323 cm³/mol. The van der Waals surface area contributed by atoms with Crippen molar-refractivity contribution in [3.05, 3.63) is 132 Å². The molecule has 0 N–H and O–H groups in total. The Kier molecular flexibility index (Phi) is 21.6. The van der Waals surface area contributed by atoms with Gasteiger partial charge in [0.2, 0.25) is 0 Å². The van der Waals surface area contributed by atoms with E-state index >= 15 is 0 Å². The van der Waals surface area contributed by atoms with Gasteiger partial charge in [0, 0.05) is 33.4 Å². The molecule has 0 fully saturated rings. The van der Waals surface area contributed by atoms with Gasteiger partial charge in [-0.1, -0.05) is 300 Å². The molecular weight excluding hydrogens is 933 g/mol. The van der Waals surface area contributed by atoms with E-state index in [2.05, 4.69) is 174 Å². The zero-order chi connectivity index (χ0) is 52.2. The second kappa shape index (κ2) is 28.5. The third-order valence-corrected chi connectivity index (χ3v) is 18.9. The Morgan fingerprint density at radius 3 is 0.649 bits per heavy atom. The molecule has 2 aromatic heterocycles. The molecule has 6 nitrogen and oxygen atoms in total. The van der Waals surface area contributed by atoms with Gasteiger partial charge >= 0.3 is 0 Å². The van der Waals surface area contributed by atoms with E-state index < -0.39 is 16.1 Å². The molecule has 0 aliphatic rings. The van der Waals surface area contributed by atoms with Gasteiger partial charge in [-0.15, -0.1) is 0 Å².